The largest absolute Gasteiger partial charge is 0.454 e. The van der Waals surface area contributed by atoms with E-state index in [4.69, 9.17) is 9.47 Å². The molecule has 0 aliphatic carbocycles. The third kappa shape index (κ3) is 11.0. The summed E-state index contributed by atoms with van der Waals surface area (Å²) >= 11 is 1.71. The number of hydrogen-bond acceptors (Lipinski definition) is 3. The van der Waals surface area contributed by atoms with E-state index in [-0.39, 0.29) is 29.7 Å². The highest BCUT2D eigenvalue weighted by Gasteiger charge is 2.11. The molecule has 1 aliphatic rings. The van der Waals surface area contributed by atoms with Gasteiger partial charge in [0.05, 0.1) is 0 Å². The quantitative estimate of drug-likeness (QED) is 0.183. The normalized spacial score (nSPS) is 9.32. The Labute approximate surface area is 238 Å². The highest BCUT2D eigenvalue weighted by Crippen LogP contribution is 2.32. The molecule has 0 spiro atoms. The van der Waals surface area contributed by atoms with Crippen molar-refractivity contribution in [2.45, 2.75) is 71.2 Å². The van der Waals surface area contributed by atoms with Crippen molar-refractivity contribution in [3.05, 3.63) is 107 Å². The zero-order valence-electron chi connectivity index (χ0n) is 21.2. The van der Waals surface area contributed by atoms with Gasteiger partial charge in [0.15, 0.2) is 11.5 Å². The van der Waals surface area contributed by atoms with Crippen molar-refractivity contribution in [3.63, 3.8) is 0 Å². The fraction of sp³-hybridized carbons (Fsp3) is 0.314. The number of thiophene rings is 1. The molecule has 3 heteroatoms. The summed E-state index contributed by atoms with van der Waals surface area (Å²) in [5.41, 5.74) is 2.55. The van der Waals surface area contributed by atoms with Crippen LogP contribution in [0.4, 0.5) is 0 Å². The van der Waals surface area contributed by atoms with Crippen LogP contribution in [0, 0.1) is 13.8 Å². The van der Waals surface area contributed by atoms with Crippen LogP contribution in [0.5, 0.6) is 11.5 Å². The standard InChI is InChI=1S/C15H12.C8H8O2.C4H4S.2C2H6.4CH4/c1-11-10-12-6-2-3-8-14(12)15-9-5-4-7-13(11)15;1-6-2-3-7-8(4-6)10-5-9-7;1-2-4-5-3-1;2*1-2;;;;/h2-10H,1H3;2-4H,5H2,1H3;1-4H;2*1-2H3;4*1H4. The van der Waals surface area contributed by atoms with Crippen molar-refractivity contribution in [1.82, 2.24) is 0 Å². The van der Waals surface area contributed by atoms with E-state index < -0.39 is 0 Å². The van der Waals surface area contributed by atoms with Crippen LogP contribution in [0.25, 0.3) is 21.5 Å². The Balaban J connectivity index is -0.000000469. The summed E-state index contributed by atoms with van der Waals surface area (Å²) in [6.45, 7) is 12.6. The Kier molecular flexibility index (Phi) is 22.5. The fourth-order valence-electron chi connectivity index (χ4n) is 3.47. The lowest BCUT2D eigenvalue weighted by atomic mass is 9.98. The van der Waals surface area contributed by atoms with Crippen LogP contribution in [0.3, 0.4) is 0 Å². The van der Waals surface area contributed by atoms with Crippen molar-refractivity contribution >= 4 is 32.9 Å². The van der Waals surface area contributed by atoms with Crippen molar-refractivity contribution in [2.24, 2.45) is 0 Å². The SMILES string of the molecule is C.C.C.C.CC.CC.Cc1cc2ccccc2c2ccccc12.Cc1ccc2c(c1)OCO2.c1ccsc1. The Hall–Kier alpha value is -3.30. The topological polar surface area (TPSA) is 18.5 Å². The van der Waals surface area contributed by atoms with Gasteiger partial charge in [0.1, 0.15) is 0 Å². The van der Waals surface area contributed by atoms with Crippen LogP contribution in [0.2, 0.25) is 0 Å². The molecule has 5 aromatic rings. The molecule has 0 fully saturated rings. The zero-order valence-corrected chi connectivity index (χ0v) is 22.0. The second kappa shape index (κ2) is 21.8. The molecule has 38 heavy (non-hydrogen) atoms. The monoisotopic (exact) mass is 536 g/mol. The summed E-state index contributed by atoms with van der Waals surface area (Å²) in [4.78, 5) is 0. The maximum atomic E-state index is 5.16. The van der Waals surface area contributed by atoms with Crippen LogP contribution in [-0.4, -0.2) is 6.79 Å². The molecule has 0 saturated heterocycles. The maximum Gasteiger partial charge on any atom is 0.231 e. The van der Waals surface area contributed by atoms with Crippen molar-refractivity contribution in [3.8, 4) is 11.5 Å². The maximum absolute atomic E-state index is 5.16. The first kappa shape index (κ1) is 39.2. The first-order valence-corrected chi connectivity index (χ1v) is 12.9. The highest BCUT2D eigenvalue weighted by atomic mass is 32.1. The fourth-order valence-corrected chi connectivity index (χ4v) is 3.93. The third-order valence-electron chi connectivity index (χ3n) is 4.93. The average molecular weight is 537 g/mol. The van der Waals surface area contributed by atoms with Gasteiger partial charge in [0.2, 0.25) is 6.79 Å². The van der Waals surface area contributed by atoms with Crippen molar-refractivity contribution < 1.29 is 9.47 Å². The van der Waals surface area contributed by atoms with E-state index in [1.54, 1.807) is 11.3 Å². The molecule has 0 amide bonds. The zero-order chi connectivity index (χ0) is 24.8. The molecule has 0 N–H and O–H groups in total. The van der Waals surface area contributed by atoms with Gasteiger partial charge < -0.3 is 9.47 Å². The Morgan fingerprint density at radius 1 is 0.553 bits per heavy atom. The van der Waals surface area contributed by atoms with E-state index in [1.165, 1.54) is 32.7 Å². The second-order valence-electron chi connectivity index (χ2n) is 7.11. The minimum absolute atomic E-state index is 0. The van der Waals surface area contributed by atoms with E-state index in [1.807, 2.05) is 75.7 Å². The van der Waals surface area contributed by atoms with Crippen molar-refractivity contribution in [1.29, 1.82) is 0 Å². The molecule has 2 nitrogen and oxygen atoms in total. The number of aryl methyl sites for hydroxylation is 2. The van der Waals surface area contributed by atoms with Gasteiger partial charge in [-0.05, 0) is 69.4 Å². The lowest BCUT2D eigenvalue weighted by Crippen LogP contribution is -1.92. The van der Waals surface area contributed by atoms with Gasteiger partial charge in [-0.25, -0.2) is 0 Å². The van der Waals surface area contributed by atoms with Crippen LogP contribution in [0.15, 0.2) is 95.7 Å². The molecular weight excluding hydrogens is 484 g/mol. The van der Waals surface area contributed by atoms with Gasteiger partial charge in [-0.1, -0.05) is 130 Å². The summed E-state index contributed by atoms with van der Waals surface area (Å²) in [7, 11) is 0. The molecule has 6 rings (SSSR count). The van der Waals surface area contributed by atoms with Crippen LogP contribution < -0.4 is 9.47 Å². The summed E-state index contributed by atoms with van der Waals surface area (Å²) in [5, 5.41) is 9.47. The molecule has 0 bridgehead atoms. The number of ether oxygens (including phenoxy) is 2. The highest BCUT2D eigenvalue weighted by molar-refractivity contribution is 7.07. The summed E-state index contributed by atoms with van der Waals surface area (Å²) in [6.07, 6.45) is 0. The lowest BCUT2D eigenvalue weighted by Gasteiger charge is -2.06. The van der Waals surface area contributed by atoms with E-state index in [2.05, 4.69) is 61.5 Å². The molecule has 210 valence electrons. The lowest BCUT2D eigenvalue weighted by molar-refractivity contribution is 0.174. The molecule has 0 atom stereocenters. The molecule has 0 saturated carbocycles. The van der Waals surface area contributed by atoms with Crippen LogP contribution >= 0.6 is 11.3 Å². The second-order valence-corrected chi connectivity index (χ2v) is 7.93. The third-order valence-corrected chi connectivity index (χ3v) is 5.56. The van der Waals surface area contributed by atoms with Crippen LogP contribution in [0.1, 0.15) is 68.5 Å². The summed E-state index contributed by atoms with van der Waals surface area (Å²) in [5.74, 6) is 1.71. The number of hydrogen-bond donors (Lipinski definition) is 0. The van der Waals surface area contributed by atoms with Gasteiger partial charge in [-0.15, -0.1) is 0 Å². The first-order chi connectivity index (χ1) is 16.7. The smallest absolute Gasteiger partial charge is 0.231 e. The minimum Gasteiger partial charge on any atom is -0.454 e. The molecule has 4 aromatic carbocycles. The van der Waals surface area contributed by atoms with Gasteiger partial charge >= 0.3 is 0 Å². The first-order valence-electron chi connectivity index (χ1n) is 11.9. The van der Waals surface area contributed by atoms with E-state index in [0.717, 1.165) is 11.5 Å². The Bertz CT molecular complexity index is 1230. The van der Waals surface area contributed by atoms with Crippen molar-refractivity contribution in [2.75, 3.05) is 6.79 Å². The number of benzene rings is 4. The van der Waals surface area contributed by atoms with Crippen LogP contribution in [-0.2, 0) is 0 Å². The predicted octanol–water partition coefficient (Wildman–Crippen LogP) is 12.4. The average Bonchev–Trinajstić information content (AvgIpc) is 3.62. The number of rotatable bonds is 0. The number of fused-ring (bicyclic) bond motifs is 4. The Morgan fingerprint density at radius 2 is 1.08 bits per heavy atom. The molecule has 0 unspecified atom stereocenters. The van der Waals surface area contributed by atoms with E-state index in [9.17, 15) is 0 Å². The molecule has 1 aliphatic heterocycles. The summed E-state index contributed by atoms with van der Waals surface area (Å²) in [6, 6.07) is 29.4. The van der Waals surface area contributed by atoms with Gasteiger partial charge in [0.25, 0.3) is 0 Å². The van der Waals surface area contributed by atoms with Gasteiger partial charge in [-0.2, -0.15) is 11.3 Å². The van der Waals surface area contributed by atoms with Gasteiger partial charge in [-0.3, -0.25) is 0 Å². The molecule has 0 radical (unpaired) electrons. The molecule has 2 heterocycles. The van der Waals surface area contributed by atoms with E-state index >= 15 is 0 Å². The van der Waals surface area contributed by atoms with E-state index in [0.29, 0.717) is 6.79 Å². The minimum atomic E-state index is 0. The molecular formula is C35H52O2S. The molecule has 1 aromatic heterocycles. The predicted molar refractivity (Wildman–Crippen MR) is 177 cm³/mol. The van der Waals surface area contributed by atoms with Gasteiger partial charge in [0, 0.05) is 0 Å². The summed E-state index contributed by atoms with van der Waals surface area (Å²) < 4.78 is 10.3. The Morgan fingerprint density at radius 3 is 1.66 bits per heavy atom.